The second kappa shape index (κ2) is 4.65. The molecule has 17 heavy (non-hydrogen) atoms. The van der Waals surface area contributed by atoms with Gasteiger partial charge in [-0.1, -0.05) is 0 Å². The average Bonchev–Trinajstić information content (AvgIpc) is 2.82. The van der Waals surface area contributed by atoms with Crippen LogP contribution in [0, 0.1) is 0 Å². The van der Waals surface area contributed by atoms with Crippen LogP contribution in [0.25, 0.3) is 0 Å². The van der Waals surface area contributed by atoms with Crippen LogP contribution >= 0.6 is 0 Å². The fourth-order valence-electron chi connectivity index (χ4n) is 1.36. The second-order valence-electron chi connectivity index (χ2n) is 3.52. The van der Waals surface area contributed by atoms with E-state index in [1.807, 2.05) is 24.1 Å². The van der Waals surface area contributed by atoms with Gasteiger partial charge in [0.15, 0.2) is 11.5 Å². The van der Waals surface area contributed by atoms with Gasteiger partial charge in [-0.3, -0.25) is 0 Å². The Kier molecular flexibility index (Phi) is 3.04. The summed E-state index contributed by atoms with van der Waals surface area (Å²) < 4.78 is 5.20. The summed E-state index contributed by atoms with van der Waals surface area (Å²) in [5.41, 5.74) is -0.0693. The Morgan fingerprint density at radius 1 is 1.41 bits per heavy atom. The van der Waals surface area contributed by atoms with E-state index in [1.165, 1.54) is 6.07 Å². The molecule has 0 unspecified atom stereocenters. The van der Waals surface area contributed by atoms with Gasteiger partial charge in [0.05, 0.1) is 12.8 Å². The van der Waals surface area contributed by atoms with Gasteiger partial charge < -0.3 is 14.4 Å². The maximum atomic E-state index is 10.6. The van der Waals surface area contributed by atoms with Crippen LogP contribution < -0.4 is 4.90 Å². The quantitative estimate of drug-likeness (QED) is 0.859. The zero-order valence-electron chi connectivity index (χ0n) is 9.20. The number of anilines is 1. The number of rotatable bonds is 4. The molecule has 2 aromatic rings. The van der Waals surface area contributed by atoms with Gasteiger partial charge in [-0.15, -0.1) is 10.2 Å². The van der Waals surface area contributed by atoms with Crippen LogP contribution in [-0.4, -0.2) is 28.3 Å². The Labute approximate surface area is 97.5 Å². The molecule has 0 saturated heterocycles. The molecule has 0 aliphatic rings. The number of aromatic nitrogens is 2. The summed E-state index contributed by atoms with van der Waals surface area (Å²) in [4.78, 5) is 12.4. The Morgan fingerprint density at radius 2 is 2.24 bits per heavy atom. The van der Waals surface area contributed by atoms with Crippen LogP contribution in [0.3, 0.4) is 0 Å². The van der Waals surface area contributed by atoms with E-state index >= 15 is 0 Å². The van der Waals surface area contributed by atoms with Gasteiger partial charge in [0.2, 0.25) is 0 Å². The van der Waals surface area contributed by atoms with E-state index in [4.69, 9.17) is 9.52 Å². The number of aromatic carboxylic acids is 1. The van der Waals surface area contributed by atoms with Gasteiger partial charge in [0.25, 0.3) is 0 Å². The predicted molar refractivity (Wildman–Crippen MR) is 59.8 cm³/mol. The zero-order chi connectivity index (χ0) is 12.3. The Morgan fingerprint density at radius 3 is 2.76 bits per heavy atom. The van der Waals surface area contributed by atoms with Crippen molar-refractivity contribution in [3.8, 4) is 0 Å². The Bertz CT molecular complexity index is 493. The van der Waals surface area contributed by atoms with Gasteiger partial charge in [-0.25, -0.2) is 4.79 Å². The van der Waals surface area contributed by atoms with Crippen molar-refractivity contribution in [3.63, 3.8) is 0 Å². The van der Waals surface area contributed by atoms with Gasteiger partial charge >= 0.3 is 5.97 Å². The molecule has 2 heterocycles. The van der Waals surface area contributed by atoms with Gasteiger partial charge in [-0.05, 0) is 24.3 Å². The smallest absolute Gasteiger partial charge is 0.356 e. The summed E-state index contributed by atoms with van der Waals surface area (Å²) in [6.45, 7) is 0.550. The molecule has 0 aliphatic heterocycles. The molecule has 88 valence electrons. The number of furan rings is 1. The maximum absolute atomic E-state index is 10.6. The molecular formula is C11H11N3O3. The molecule has 1 N–H and O–H groups in total. The zero-order valence-corrected chi connectivity index (χ0v) is 9.20. The van der Waals surface area contributed by atoms with Crippen LogP contribution in [-0.2, 0) is 6.54 Å². The summed E-state index contributed by atoms with van der Waals surface area (Å²) in [5, 5.41) is 16.1. The first-order valence-corrected chi connectivity index (χ1v) is 4.97. The molecule has 0 saturated carbocycles. The topological polar surface area (TPSA) is 79.5 Å². The molecule has 0 spiro atoms. The van der Waals surface area contributed by atoms with Crippen molar-refractivity contribution in [1.82, 2.24) is 10.2 Å². The Balaban J connectivity index is 2.09. The summed E-state index contributed by atoms with van der Waals surface area (Å²) in [6, 6.07) is 6.70. The lowest BCUT2D eigenvalue weighted by atomic mass is 10.3. The molecule has 0 bridgehead atoms. The van der Waals surface area contributed by atoms with E-state index in [9.17, 15) is 4.79 Å². The normalized spacial score (nSPS) is 10.2. The van der Waals surface area contributed by atoms with E-state index in [1.54, 1.807) is 12.3 Å². The fraction of sp³-hybridized carbons (Fsp3) is 0.182. The molecule has 6 nitrogen and oxygen atoms in total. The molecule has 0 fully saturated rings. The first-order chi connectivity index (χ1) is 8.16. The van der Waals surface area contributed by atoms with E-state index in [0.29, 0.717) is 12.4 Å². The molecule has 2 rings (SSSR count). The molecule has 0 aromatic carbocycles. The highest BCUT2D eigenvalue weighted by atomic mass is 16.4. The standard InChI is InChI=1S/C11H11N3O3/c1-14(7-8-3-2-6-17-8)10-5-4-9(11(15)16)12-13-10/h2-6H,7H2,1H3,(H,15,16). The lowest BCUT2D eigenvalue weighted by Gasteiger charge is -2.15. The summed E-state index contributed by atoms with van der Waals surface area (Å²) >= 11 is 0. The maximum Gasteiger partial charge on any atom is 0.356 e. The fourth-order valence-corrected chi connectivity index (χ4v) is 1.36. The van der Waals surface area contributed by atoms with Crippen molar-refractivity contribution in [2.75, 3.05) is 11.9 Å². The van der Waals surface area contributed by atoms with Crippen LogP contribution in [0.15, 0.2) is 34.9 Å². The third kappa shape index (κ3) is 2.60. The van der Waals surface area contributed by atoms with Gasteiger partial charge in [-0.2, -0.15) is 0 Å². The summed E-state index contributed by atoms with van der Waals surface area (Å²) in [7, 11) is 1.83. The lowest BCUT2D eigenvalue weighted by molar-refractivity contribution is 0.0689. The minimum Gasteiger partial charge on any atom is -0.476 e. The van der Waals surface area contributed by atoms with Gasteiger partial charge in [0.1, 0.15) is 5.76 Å². The van der Waals surface area contributed by atoms with Crippen molar-refractivity contribution in [2.45, 2.75) is 6.54 Å². The number of carboxylic acids is 1. The third-order valence-corrected chi connectivity index (χ3v) is 2.23. The predicted octanol–water partition coefficient (Wildman–Crippen LogP) is 1.40. The molecular weight excluding hydrogens is 222 g/mol. The minimum atomic E-state index is -1.09. The van der Waals surface area contributed by atoms with E-state index < -0.39 is 5.97 Å². The largest absolute Gasteiger partial charge is 0.476 e. The van der Waals surface area contributed by atoms with Crippen LogP contribution in [0.4, 0.5) is 5.82 Å². The number of carboxylic acid groups (broad SMARTS) is 1. The van der Waals surface area contributed by atoms with Crippen molar-refractivity contribution >= 4 is 11.8 Å². The SMILES string of the molecule is CN(Cc1ccco1)c1ccc(C(=O)O)nn1. The van der Waals surface area contributed by atoms with Crippen LogP contribution in [0.1, 0.15) is 16.2 Å². The second-order valence-corrected chi connectivity index (χ2v) is 3.52. The first kappa shape index (κ1) is 11.1. The third-order valence-electron chi connectivity index (χ3n) is 2.23. The highest BCUT2D eigenvalue weighted by molar-refractivity contribution is 5.85. The number of nitrogens with zero attached hydrogens (tertiary/aromatic N) is 3. The van der Waals surface area contributed by atoms with E-state index in [2.05, 4.69) is 10.2 Å². The van der Waals surface area contributed by atoms with Gasteiger partial charge in [0, 0.05) is 7.05 Å². The number of hydrogen-bond donors (Lipinski definition) is 1. The van der Waals surface area contributed by atoms with E-state index in [0.717, 1.165) is 5.76 Å². The summed E-state index contributed by atoms with van der Waals surface area (Å²) in [6.07, 6.45) is 1.60. The van der Waals surface area contributed by atoms with Crippen LogP contribution in [0.5, 0.6) is 0 Å². The molecule has 6 heteroatoms. The van der Waals surface area contributed by atoms with Crippen molar-refractivity contribution in [1.29, 1.82) is 0 Å². The highest BCUT2D eigenvalue weighted by Gasteiger charge is 2.09. The lowest BCUT2D eigenvalue weighted by Crippen LogP contribution is -2.18. The first-order valence-electron chi connectivity index (χ1n) is 4.97. The minimum absolute atomic E-state index is 0.0693. The molecule has 2 aromatic heterocycles. The van der Waals surface area contributed by atoms with Crippen LogP contribution in [0.2, 0.25) is 0 Å². The van der Waals surface area contributed by atoms with Crippen molar-refractivity contribution < 1.29 is 14.3 Å². The number of carbonyl (C=O) groups is 1. The summed E-state index contributed by atoms with van der Waals surface area (Å²) in [5.74, 6) is 0.306. The van der Waals surface area contributed by atoms with Crippen molar-refractivity contribution in [2.24, 2.45) is 0 Å². The monoisotopic (exact) mass is 233 g/mol. The molecule has 0 amide bonds. The highest BCUT2D eigenvalue weighted by Crippen LogP contribution is 2.12. The average molecular weight is 233 g/mol. The Hall–Kier alpha value is -2.37. The molecule has 0 radical (unpaired) electrons. The molecule has 0 aliphatic carbocycles. The molecule has 0 atom stereocenters. The number of hydrogen-bond acceptors (Lipinski definition) is 5. The van der Waals surface area contributed by atoms with Crippen molar-refractivity contribution in [3.05, 3.63) is 42.0 Å². The van der Waals surface area contributed by atoms with E-state index in [-0.39, 0.29) is 5.69 Å².